The maximum absolute atomic E-state index is 13.1. The van der Waals surface area contributed by atoms with Gasteiger partial charge in [-0.3, -0.25) is 9.52 Å². The number of anilines is 1. The minimum Gasteiger partial charge on any atom is -0.496 e. The van der Waals surface area contributed by atoms with Crippen LogP contribution in [0.2, 0.25) is 0 Å². The monoisotopic (exact) mass is 416 g/mol. The van der Waals surface area contributed by atoms with Crippen molar-refractivity contribution in [1.29, 1.82) is 0 Å². The van der Waals surface area contributed by atoms with Gasteiger partial charge in [-0.25, -0.2) is 8.42 Å². The first-order valence-electron chi connectivity index (χ1n) is 9.92. The maximum atomic E-state index is 13.1. The smallest absolute Gasteiger partial charge is 0.261 e. The molecule has 29 heavy (non-hydrogen) atoms. The molecule has 0 aliphatic carbocycles. The van der Waals surface area contributed by atoms with Crippen LogP contribution < -0.4 is 9.46 Å². The van der Waals surface area contributed by atoms with Gasteiger partial charge in [0.2, 0.25) is 0 Å². The van der Waals surface area contributed by atoms with Crippen LogP contribution >= 0.6 is 0 Å². The van der Waals surface area contributed by atoms with E-state index in [1.54, 1.807) is 48.4 Å². The minimum absolute atomic E-state index is 0.105. The highest BCUT2D eigenvalue weighted by molar-refractivity contribution is 7.92. The molecule has 1 aliphatic heterocycles. The van der Waals surface area contributed by atoms with Crippen LogP contribution in [0, 0.1) is 0 Å². The number of piperidine rings is 1. The Labute approximate surface area is 172 Å². The Morgan fingerprint density at radius 3 is 2.41 bits per heavy atom. The lowest BCUT2D eigenvalue weighted by Crippen LogP contribution is -2.36. The first-order valence-corrected chi connectivity index (χ1v) is 11.4. The van der Waals surface area contributed by atoms with E-state index < -0.39 is 10.0 Å². The summed E-state index contributed by atoms with van der Waals surface area (Å²) in [5, 5.41) is 0. The number of carbonyl (C=O) groups excluding carboxylic acids is 1. The van der Waals surface area contributed by atoms with Gasteiger partial charge in [0.15, 0.2) is 0 Å². The van der Waals surface area contributed by atoms with E-state index in [-0.39, 0.29) is 16.7 Å². The lowest BCUT2D eigenvalue weighted by molar-refractivity contribution is 0.0725. The first-order chi connectivity index (χ1) is 13.8. The molecule has 7 heteroatoms. The summed E-state index contributed by atoms with van der Waals surface area (Å²) in [6.07, 6.45) is 3.07. The molecule has 1 aliphatic rings. The molecular weight excluding hydrogens is 388 g/mol. The number of nitrogens with one attached hydrogen (secondary N) is 1. The average molecular weight is 417 g/mol. The topological polar surface area (TPSA) is 75.7 Å². The maximum Gasteiger partial charge on any atom is 0.261 e. The van der Waals surface area contributed by atoms with E-state index >= 15 is 0 Å². The quantitative estimate of drug-likeness (QED) is 0.764. The number of methoxy groups -OCH3 is 1. The Bertz CT molecular complexity index is 980. The standard InChI is InChI=1S/C22H28N2O4S/c1-16(2)19-15-17(11-12-21(19)28-3)29(26,27)23-20-10-6-5-9-18(20)22(25)24-13-7-4-8-14-24/h5-6,9-12,15-16,23H,4,7-8,13-14H2,1-3H3. The third kappa shape index (κ3) is 4.72. The predicted molar refractivity (Wildman–Crippen MR) is 114 cm³/mol. The van der Waals surface area contributed by atoms with E-state index in [0.717, 1.165) is 24.8 Å². The molecule has 156 valence electrons. The molecule has 2 aromatic rings. The van der Waals surface area contributed by atoms with Gasteiger partial charge in [0.25, 0.3) is 15.9 Å². The summed E-state index contributed by atoms with van der Waals surface area (Å²) in [4.78, 5) is 14.9. The fourth-order valence-corrected chi connectivity index (χ4v) is 4.68. The summed E-state index contributed by atoms with van der Waals surface area (Å²) in [6.45, 7) is 5.37. The zero-order chi connectivity index (χ0) is 21.0. The van der Waals surface area contributed by atoms with E-state index in [2.05, 4.69) is 4.72 Å². The number of carbonyl (C=O) groups is 1. The Balaban J connectivity index is 1.92. The number of hydrogen-bond acceptors (Lipinski definition) is 4. The van der Waals surface area contributed by atoms with Gasteiger partial charge in [-0.15, -0.1) is 0 Å². The van der Waals surface area contributed by atoms with Crippen LogP contribution in [0.25, 0.3) is 0 Å². The second-order valence-electron chi connectivity index (χ2n) is 7.56. The van der Waals surface area contributed by atoms with Crippen LogP contribution in [-0.4, -0.2) is 39.4 Å². The highest BCUT2D eigenvalue weighted by atomic mass is 32.2. The van der Waals surface area contributed by atoms with Crippen molar-refractivity contribution >= 4 is 21.6 Å². The zero-order valence-electron chi connectivity index (χ0n) is 17.1. The van der Waals surface area contributed by atoms with Crippen molar-refractivity contribution in [2.45, 2.75) is 43.9 Å². The van der Waals surface area contributed by atoms with Crippen molar-refractivity contribution in [3.05, 3.63) is 53.6 Å². The largest absolute Gasteiger partial charge is 0.496 e. The molecule has 1 fully saturated rings. The summed E-state index contributed by atoms with van der Waals surface area (Å²) in [7, 11) is -2.29. The number of ether oxygens (including phenoxy) is 1. The number of rotatable bonds is 6. The van der Waals surface area contributed by atoms with Gasteiger partial charge in [-0.2, -0.15) is 0 Å². The van der Waals surface area contributed by atoms with Gasteiger partial charge in [0.1, 0.15) is 5.75 Å². The van der Waals surface area contributed by atoms with E-state index in [4.69, 9.17) is 4.74 Å². The Morgan fingerprint density at radius 1 is 1.07 bits per heavy atom. The molecule has 0 unspecified atom stereocenters. The normalized spacial score (nSPS) is 14.7. The molecule has 3 rings (SSSR count). The van der Waals surface area contributed by atoms with Crippen LogP contribution in [0.3, 0.4) is 0 Å². The Morgan fingerprint density at radius 2 is 1.76 bits per heavy atom. The van der Waals surface area contributed by atoms with Gasteiger partial charge in [0.05, 0.1) is 23.3 Å². The third-order valence-electron chi connectivity index (χ3n) is 5.18. The number of sulfonamides is 1. The van der Waals surface area contributed by atoms with Crippen molar-refractivity contribution in [2.24, 2.45) is 0 Å². The Hall–Kier alpha value is -2.54. The SMILES string of the molecule is COc1ccc(S(=O)(=O)Nc2ccccc2C(=O)N2CCCCC2)cc1C(C)C. The summed E-state index contributed by atoms with van der Waals surface area (Å²) in [5.74, 6) is 0.619. The summed E-state index contributed by atoms with van der Waals surface area (Å²) in [5.41, 5.74) is 1.48. The summed E-state index contributed by atoms with van der Waals surface area (Å²) < 4.78 is 34.1. The zero-order valence-corrected chi connectivity index (χ0v) is 18.0. The van der Waals surface area contributed by atoms with Gasteiger partial charge < -0.3 is 9.64 Å². The van der Waals surface area contributed by atoms with Crippen LogP contribution in [0.15, 0.2) is 47.4 Å². The second-order valence-corrected chi connectivity index (χ2v) is 9.24. The fraction of sp³-hybridized carbons (Fsp3) is 0.409. The van der Waals surface area contributed by atoms with Gasteiger partial charge in [-0.05, 0) is 61.1 Å². The van der Waals surface area contributed by atoms with Crippen LogP contribution in [0.4, 0.5) is 5.69 Å². The number of nitrogens with zero attached hydrogens (tertiary/aromatic N) is 1. The predicted octanol–water partition coefficient (Wildman–Crippen LogP) is 4.25. The molecule has 0 bridgehead atoms. The molecular formula is C22H28N2O4S. The lowest BCUT2D eigenvalue weighted by Gasteiger charge is -2.27. The Kier molecular flexibility index (Phi) is 6.47. The first kappa shape index (κ1) is 21.2. The van der Waals surface area contributed by atoms with E-state index in [0.29, 0.717) is 30.1 Å². The highest BCUT2D eigenvalue weighted by Gasteiger charge is 2.24. The highest BCUT2D eigenvalue weighted by Crippen LogP contribution is 2.30. The molecule has 1 N–H and O–H groups in total. The molecule has 1 heterocycles. The summed E-state index contributed by atoms with van der Waals surface area (Å²) in [6, 6.07) is 11.6. The van der Waals surface area contributed by atoms with Crippen LogP contribution in [0.1, 0.15) is 54.9 Å². The third-order valence-corrected chi connectivity index (χ3v) is 6.54. The van der Waals surface area contributed by atoms with Crippen LogP contribution in [-0.2, 0) is 10.0 Å². The van der Waals surface area contributed by atoms with E-state index in [1.165, 1.54) is 6.07 Å². The molecule has 0 radical (unpaired) electrons. The molecule has 0 saturated carbocycles. The number of likely N-dealkylation sites (tertiary alicyclic amines) is 1. The number of hydrogen-bond donors (Lipinski definition) is 1. The number of amides is 1. The van der Waals surface area contributed by atoms with Crippen LogP contribution in [0.5, 0.6) is 5.75 Å². The van der Waals surface area contributed by atoms with Gasteiger partial charge >= 0.3 is 0 Å². The van der Waals surface area contributed by atoms with Crippen molar-refractivity contribution in [1.82, 2.24) is 4.90 Å². The van der Waals surface area contributed by atoms with E-state index in [1.807, 2.05) is 13.8 Å². The molecule has 0 aromatic heterocycles. The summed E-state index contributed by atoms with van der Waals surface area (Å²) >= 11 is 0. The molecule has 2 aromatic carbocycles. The number of benzene rings is 2. The fourth-order valence-electron chi connectivity index (χ4n) is 3.56. The molecule has 1 amide bonds. The van der Waals surface area contributed by atoms with E-state index in [9.17, 15) is 13.2 Å². The number of para-hydroxylation sites is 1. The molecule has 6 nitrogen and oxygen atoms in total. The van der Waals surface area contributed by atoms with Crippen molar-refractivity contribution in [3.8, 4) is 5.75 Å². The van der Waals surface area contributed by atoms with Crippen molar-refractivity contribution in [2.75, 3.05) is 24.9 Å². The lowest BCUT2D eigenvalue weighted by atomic mass is 10.0. The van der Waals surface area contributed by atoms with Crippen molar-refractivity contribution in [3.63, 3.8) is 0 Å². The molecule has 0 spiro atoms. The van der Waals surface area contributed by atoms with Crippen molar-refractivity contribution < 1.29 is 17.9 Å². The van der Waals surface area contributed by atoms with Gasteiger partial charge in [0, 0.05) is 13.1 Å². The molecule has 0 atom stereocenters. The average Bonchev–Trinajstić information content (AvgIpc) is 2.73. The minimum atomic E-state index is -3.86. The molecule has 1 saturated heterocycles. The second kappa shape index (κ2) is 8.86. The van der Waals surface area contributed by atoms with Gasteiger partial charge in [-0.1, -0.05) is 26.0 Å².